The van der Waals surface area contributed by atoms with Crippen LogP contribution in [-0.2, 0) is 6.42 Å². The quantitative estimate of drug-likeness (QED) is 0.392. The average Bonchev–Trinajstić information content (AvgIpc) is 3.26. The molecule has 0 saturated heterocycles. The van der Waals surface area contributed by atoms with Gasteiger partial charge in [0.15, 0.2) is 11.5 Å². The molecule has 4 rings (SSSR count). The molecule has 6 nitrogen and oxygen atoms in total. The van der Waals surface area contributed by atoms with E-state index < -0.39 is 0 Å². The van der Waals surface area contributed by atoms with Crippen LogP contribution in [0, 0.1) is 0 Å². The number of aromatic nitrogens is 1. The minimum absolute atomic E-state index is 0.144. The van der Waals surface area contributed by atoms with Crippen LogP contribution in [-0.4, -0.2) is 42.9 Å². The Labute approximate surface area is 186 Å². The van der Waals surface area contributed by atoms with Crippen LogP contribution in [0.3, 0.4) is 0 Å². The highest BCUT2D eigenvalue weighted by Crippen LogP contribution is 2.32. The van der Waals surface area contributed by atoms with Crippen molar-refractivity contribution in [2.75, 3.05) is 20.8 Å². The third-order valence-corrected chi connectivity index (χ3v) is 5.56. The van der Waals surface area contributed by atoms with Crippen molar-refractivity contribution in [1.82, 2.24) is 10.3 Å². The number of nitrogens with one attached hydrogen (secondary N) is 2. The maximum atomic E-state index is 12.8. The zero-order valence-electron chi connectivity index (χ0n) is 18.1. The number of fused-ring (bicyclic) bond motifs is 1. The summed E-state index contributed by atoms with van der Waals surface area (Å²) in [4.78, 5) is 16.0. The second-order valence-electron chi connectivity index (χ2n) is 7.56. The number of benzene rings is 3. The van der Waals surface area contributed by atoms with E-state index in [1.165, 1.54) is 0 Å². The number of ether oxygens (including phenoxy) is 2. The Kier molecular flexibility index (Phi) is 6.42. The number of carbonyl (C=O) groups is 1. The van der Waals surface area contributed by atoms with Gasteiger partial charge in [-0.1, -0.05) is 36.4 Å². The van der Waals surface area contributed by atoms with Crippen LogP contribution in [0.2, 0.25) is 0 Å². The maximum Gasteiger partial charge on any atom is 0.251 e. The molecule has 6 heteroatoms. The number of aliphatic hydroxyl groups excluding tert-OH is 1. The fourth-order valence-corrected chi connectivity index (χ4v) is 3.83. The van der Waals surface area contributed by atoms with Crippen molar-refractivity contribution in [2.24, 2.45) is 0 Å². The second kappa shape index (κ2) is 9.58. The number of hydrogen-bond donors (Lipinski definition) is 3. The van der Waals surface area contributed by atoms with Crippen LogP contribution in [0.1, 0.15) is 15.9 Å². The van der Waals surface area contributed by atoms with E-state index in [0.717, 1.165) is 27.6 Å². The SMILES string of the molecule is COc1ccc(-c2ccc(C(=O)N[C@@H](CO)Cc3c[nH]c4ccccc34)cc2)cc1OC. The Balaban J connectivity index is 1.46. The Morgan fingerprint density at radius 1 is 0.969 bits per heavy atom. The standard InChI is InChI=1S/C26H26N2O4/c1-31-24-12-11-19(14-25(24)32-2)17-7-9-18(10-8-17)26(30)28-21(16-29)13-20-15-27-23-6-4-3-5-22(20)23/h3-12,14-15,21,27,29H,13,16H2,1-2H3,(H,28,30)/t21-/m1/s1. The molecule has 0 bridgehead atoms. The molecule has 0 saturated carbocycles. The molecule has 4 aromatic rings. The summed E-state index contributed by atoms with van der Waals surface area (Å²) in [5.41, 5.74) is 4.55. The molecule has 0 radical (unpaired) electrons. The molecule has 0 unspecified atom stereocenters. The Hall–Kier alpha value is -3.77. The van der Waals surface area contributed by atoms with E-state index in [4.69, 9.17) is 9.47 Å². The summed E-state index contributed by atoms with van der Waals surface area (Å²) in [6.45, 7) is -0.144. The maximum absolute atomic E-state index is 12.8. The van der Waals surface area contributed by atoms with E-state index in [1.54, 1.807) is 26.4 Å². The topological polar surface area (TPSA) is 83.6 Å². The minimum atomic E-state index is -0.382. The van der Waals surface area contributed by atoms with Gasteiger partial charge in [-0.25, -0.2) is 0 Å². The molecule has 0 fully saturated rings. The molecule has 1 atom stereocenters. The molecular formula is C26H26N2O4. The Morgan fingerprint density at radius 2 is 1.69 bits per heavy atom. The van der Waals surface area contributed by atoms with Gasteiger partial charge in [0.25, 0.3) is 5.91 Å². The lowest BCUT2D eigenvalue weighted by Gasteiger charge is -2.16. The molecular weight excluding hydrogens is 404 g/mol. The summed E-state index contributed by atoms with van der Waals surface area (Å²) < 4.78 is 10.7. The van der Waals surface area contributed by atoms with Gasteiger partial charge in [0, 0.05) is 22.7 Å². The van der Waals surface area contributed by atoms with Gasteiger partial charge < -0.3 is 24.9 Å². The van der Waals surface area contributed by atoms with Crippen LogP contribution in [0.5, 0.6) is 11.5 Å². The number of hydrogen-bond acceptors (Lipinski definition) is 4. The van der Waals surface area contributed by atoms with E-state index >= 15 is 0 Å². The molecule has 1 aromatic heterocycles. The highest BCUT2D eigenvalue weighted by Gasteiger charge is 2.16. The Bertz CT molecular complexity index is 1210. The predicted molar refractivity (Wildman–Crippen MR) is 125 cm³/mol. The molecule has 1 heterocycles. The lowest BCUT2D eigenvalue weighted by molar-refractivity contribution is 0.0916. The van der Waals surface area contributed by atoms with Gasteiger partial charge in [0.1, 0.15) is 0 Å². The van der Waals surface area contributed by atoms with Crippen molar-refractivity contribution in [2.45, 2.75) is 12.5 Å². The number of H-pyrrole nitrogens is 1. The molecule has 164 valence electrons. The zero-order valence-corrected chi connectivity index (χ0v) is 18.1. The molecule has 32 heavy (non-hydrogen) atoms. The Morgan fingerprint density at radius 3 is 2.41 bits per heavy atom. The van der Waals surface area contributed by atoms with Gasteiger partial charge in [-0.2, -0.15) is 0 Å². The van der Waals surface area contributed by atoms with Crippen molar-refractivity contribution >= 4 is 16.8 Å². The first-order valence-corrected chi connectivity index (χ1v) is 10.4. The van der Waals surface area contributed by atoms with E-state index in [0.29, 0.717) is 23.5 Å². The van der Waals surface area contributed by atoms with Crippen molar-refractivity contribution in [3.05, 3.63) is 84.1 Å². The number of para-hydroxylation sites is 1. The van der Waals surface area contributed by atoms with E-state index in [-0.39, 0.29) is 18.6 Å². The molecule has 0 aliphatic carbocycles. The molecule has 3 aromatic carbocycles. The third kappa shape index (κ3) is 4.45. The summed E-state index contributed by atoms with van der Waals surface area (Å²) in [5.74, 6) is 1.09. The number of rotatable bonds is 8. The summed E-state index contributed by atoms with van der Waals surface area (Å²) in [5, 5.41) is 13.9. The summed E-state index contributed by atoms with van der Waals surface area (Å²) in [6.07, 6.45) is 2.47. The average molecular weight is 431 g/mol. The van der Waals surface area contributed by atoms with Crippen molar-refractivity contribution < 1.29 is 19.4 Å². The smallest absolute Gasteiger partial charge is 0.251 e. The molecule has 3 N–H and O–H groups in total. The van der Waals surface area contributed by atoms with Crippen molar-refractivity contribution in [1.29, 1.82) is 0 Å². The van der Waals surface area contributed by atoms with Crippen molar-refractivity contribution in [3.63, 3.8) is 0 Å². The molecule has 0 spiro atoms. The minimum Gasteiger partial charge on any atom is -0.493 e. The van der Waals surface area contributed by atoms with Crippen LogP contribution in [0.15, 0.2) is 72.9 Å². The number of aromatic amines is 1. The highest BCUT2D eigenvalue weighted by molar-refractivity contribution is 5.95. The lowest BCUT2D eigenvalue weighted by Crippen LogP contribution is -2.39. The number of aliphatic hydroxyl groups is 1. The predicted octanol–water partition coefficient (Wildman–Crippen LogP) is 4.19. The normalized spacial score (nSPS) is 11.8. The monoisotopic (exact) mass is 430 g/mol. The second-order valence-corrected chi connectivity index (χ2v) is 7.56. The van der Waals surface area contributed by atoms with Gasteiger partial charge in [-0.15, -0.1) is 0 Å². The largest absolute Gasteiger partial charge is 0.493 e. The summed E-state index contributed by atoms with van der Waals surface area (Å²) in [6, 6.07) is 20.6. The summed E-state index contributed by atoms with van der Waals surface area (Å²) in [7, 11) is 3.20. The number of methoxy groups -OCH3 is 2. The van der Waals surface area contributed by atoms with Crippen molar-refractivity contribution in [3.8, 4) is 22.6 Å². The first kappa shape index (κ1) is 21.5. The first-order chi connectivity index (χ1) is 15.6. The van der Waals surface area contributed by atoms with Crippen LogP contribution < -0.4 is 14.8 Å². The van der Waals surface area contributed by atoms with E-state index in [2.05, 4.69) is 10.3 Å². The van der Waals surface area contributed by atoms with E-state index in [9.17, 15) is 9.90 Å². The van der Waals surface area contributed by atoms with Gasteiger partial charge >= 0.3 is 0 Å². The lowest BCUT2D eigenvalue weighted by atomic mass is 10.0. The number of carbonyl (C=O) groups excluding carboxylic acids is 1. The van der Waals surface area contributed by atoms with Crippen LogP contribution in [0.25, 0.3) is 22.0 Å². The van der Waals surface area contributed by atoms with Crippen LogP contribution >= 0.6 is 0 Å². The first-order valence-electron chi connectivity index (χ1n) is 10.4. The number of amides is 1. The zero-order chi connectivity index (χ0) is 22.5. The fraction of sp³-hybridized carbons (Fsp3) is 0.192. The van der Waals surface area contributed by atoms with E-state index in [1.807, 2.05) is 60.8 Å². The summed E-state index contributed by atoms with van der Waals surface area (Å²) >= 11 is 0. The van der Waals surface area contributed by atoms with Gasteiger partial charge in [-0.3, -0.25) is 4.79 Å². The van der Waals surface area contributed by atoms with Gasteiger partial charge in [0.2, 0.25) is 0 Å². The molecule has 1 amide bonds. The highest BCUT2D eigenvalue weighted by atomic mass is 16.5. The van der Waals surface area contributed by atoms with Crippen LogP contribution in [0.4, 0.5) is 0 Å². The molecule has 0 aliphatic rings. The molecule has 0 aliphatic heterocycles. The fourth-order valence-electron chi connectivity index (χ4n) is 3.83. The van der Waals surface area contributed by atoms with Gasteiger partial charge in [-0.05, 0) is 53.4 Å². The van der Waals surface area contributed by atoms with Gasteiger partial charge in [0.05, 0.1) is 26.9 Å². The third-order valence-electron chi connectivity index (χ3n) is 5.56.